The van der Waals surface area contributed by atoms with Crippen LogP contribution >= 0.6 is 7.60 Å². The molecule has 2 aromatic rings. The van der Waals surface area contributed by atoms with Crippen LogP contribution in [0, 0.1) is 23.5 Å². The number of carbonyl (C=O) groups is 1. The Kier molecular flexibility index (Phi) is 9.15. The molecule has 2 aromatic carbocycles. The Bertz CT molecular complexity index is 954. The number of carbonyl (C=O) groups excluding carboxylic acids is 1. The number of hydrogen-bond acceptors (Lipinski definition) is 3. The van der Waals surface area contributed by atoms with Crippen molar-refractivity contribution in [3.63, 3.8) is 0 Å². The van der Waals surface area contributed by atoms with Crippen LogP contribution in [0.3, 0.4) is 0 Å². The average Bonchev–Trinajstić information content (AvgIpc) is 2.69. The van der Waals surface area contributed by atoms with Crippen LogP contribution in [0.25, 0.3) is 0 Å². The Morgan fingerprint density at radius 1 is 1.13 bits per heavy atom. The van der Waals surface area contributed by atoms with Crippen LogP contribution in [0.15, 0.2) is 48.5 Å². The molecular formula is C21H23F2N2O4P. The first-order chi connectivity index (χ1) is 14.2. The minimum absolute atomic E-state index is 0.0339. The number of amides is 1. The van der Waals surface area contributed by atoms with Gasteiger partial charge in [-0.05, 0) is 30.5 Å². The quantitative estimate of drug-likeness (QED) is 0.275. The molecule has 0 saturated carbocycles. The van der Waals surface area contributed by atoms with Crippen molar-refractivity contribution in [2.45, 2.75) is 25.3 Å². The fourth-order valence-electron chi connectivity index (χ4n) is 2.60. The number of benzene rings is 2. The molecule has 0 fully saturated rings. The van der Waals surface area contributed by atoms with Crippen molar-refractivity contribution in [2.75, 3.05) is 12.8 Å². The minimum atomic E-state index is -4.38. The third kappa shape index (κ3) is 8.85. The van der Waals surface area contributed by atoms with Crippen molar-refractivity contribution in [3.05, 3.63) is 71.3 Å². The smallest absolute Gasteiger partial charge is 0.339 e. The SMILES string of the molecule is O=C(NCCCc1ccccc1)[C@H](CC#Cc1ccc(F)cc1F)NCP(=O)(O)O. The zero-order chi connectivity index (χ0) is 22.0. The van der Waals surface area contributed by atoms with Gasteiger partial charge in [-0.25, -0.2) is 8.78 Å². The monoisotopic (exact) mass is 436 g/mol. The number of hydrogen-bond donors (Lipinski definition) is 4. The zero-order valence-electron chi connectivity index (χ0n) is 16.1. The summed E-state index contributed by atoms with van der Waals surface area (Å²) in [5, 5.41) is 5.21. The lowest BCUT2D eigenvalue weighted by molar-refractivity contribution is -0.122. The molecule has 0 saturated heterocycles. The van der Waals surface area contributed by atoms with Crippen molar-refractivity contribution < 1.29 is 27.9 Å². The molecule has 0 aromatic heterocycles. The molecule has 0 aliphatic carbocycles. The van der Waals surface area contributed by atoms with E-state index in [4.69, 9.17) is 9.79 Å². The van der Waals surface area contributed by atoms with E-state index in [1.165, 1.54) is 6.07 Å². The summed E-state index contributed by atoms with van der Waals surface area (Å²) in [6.45, 7) is 0.377. The third-order valence-corrected chi connectivity index (χ3v) is 4.70. The van der Waals surface area contributed by atoms with Crippen molar-refractivity contribution in [1.29, 1.82) is 0 Å². The van der Waals surface area contributed by atoms with Gasteiger partial charge in [-0.2, -0.15) is 0 Å². The highest BCUT2D eigenvalue weighted by molar-refractivity contribution is 7.51. The molecule has 9 heteroatoms. The first-order valence-corrected chi connectivity index (χ1v) is 11.1. The fraction of sp³-hybridized carbons (Fsp3) is 0.286. The van der Waals surface area contributed by atoms with Crippen molar-refractivity contribution in [3.8, 4) is 11.8 Å². The molecule has 30 heavy (non-hydrogen) atoms. The largest absolute Gasteiger partial charge is 0.355 e. The van der Waals surface area contributed by atoms with E-state index in [0.29, 0.717) is 19.0 Å². The van der Waals surface area contributed by atoms with Crippen LogP contribution in [-0.4, -0.2) is 34.6 Å². The zero-order valence-corrected chi connectivity index (χ0v) is 17.0. The number of nitrogens with one attached hydrogen (secondary N) is 2. The van der Waals surface area contributed by atoms with Gasteiger partial charge in [0.15, 0.2) is 0 Å². The highest BCUT2D eigenvalue weighted by atomic mass is 31.2. The van der Waals surface area contributed by atoms with E-state index in [1.807, 2.05) is 30.3 Å². The first kappa shape index (κ1) is 23.7. The maximum absolute atomic E-state index is 13.6. The van der Waals surface area contributed by atoms with Crippen LogP contribution in [0.2, 0.25) is 0 Å². The van der Waals surface area contributed by atoms with Crippen molar-refractivity contribution >= 4 is 13.5 Å². The summed E-state index contributed by atoms with van der Waals surface area (Å²) in [6, 6.07) is 11.7. The average molecular weight is 436 g/mol. The van der Waals surface area contributed by atoms with Crippen LogP contribution in [0.4, 0.5) is 8.78 Å². The topological polar surface area (TPSA) is 98.7 Å². The Morgan fingerprint density at radius 3 is 2.53 bits per heavy atom. The Hall–Kier alpha value is -2.56. The van der Waals surface area contributed by atoms with E-state index < -0.39 is 37.5 Å². The van der Waals surface area contributed by atoms with Crippen molar-refractivity contribution in [2.24, 2.45) is 0 Å². The van der Waals surface area contributed by atoms with Gasteiger partial charge in [-0.15, -0.1) is 0 Å². The van der Waals surface area contributed by atoms with Crippen molar-refractivity contribution in [1.82, 2.24) is 10.6 Å². The van der Waals surface area contributed by atoms with E-state index >= 15 is 0 Å². The van der Waals surface area contributed by atoms with E-state index in [2.05, 4.69) is 22.5 Å². The summed E-state index contributed by atoms with van der Waals surface area (Å²) in [5.41, 5.74) is 1.10. The molecule has 0 heterocycles. The fourth-order valence-corrected chi connectivity index (χ4v) is 3.06. The summed E-state index contributed by atoms with van der Waals surface area (Å²) in [7, 11) is -4.38. The van der Waals surface area contributed by atoms with E-state index in [1.54, 1.807) is 0 Å². The van der Waals surface area contributed by atoms with E-state index in [9.17, 15) is 18.1 Å². The number of halogens is 2. The second-order valence-electron chi connectivity index (χ2n) is 6.59. The molecule has 1 atom stereocenters. The standard InChI is InChI=1S/C21H23F2N2O4P/c22-18-12-11-17(19(23)14-18)9-4-10-20(25-15-30(27,28)29)21(26)24-13-5-8-16-6-2-1-3-7-16/h1-3,6-7,11-12,14,20,25H,5,8,10,13,15H2,(H,24,26)(H2,27,28,29)/t20-/m0/s1. The summed E-state index contributed by atoms with van der Waals surface area (Å²) in [6.07, 6.45) is 0.655. The number of aryl methyl sites for hydroxylation is 1. The molecule has 0 radical (unpaired) electrons. The van der Waals surface area contributed by atoms with Crippen LogP contribution in [-0.2, 0) is 15.8 Å². The Labute approximate surface area is 173 Å². The Morgan fingerprint density at radius 2 is 1.87 bits per heavy atom. The summed E-state index contributed by atoms with van der Waals surface area (Å²) >= 11 is 0. The summed E-state index contributed by atoms with van der Waals surface area (Å²) < 4.78 is 37.7. The number of rotatable bonds is 9. The molecule has 6 nitrogen and oxygen atoms in total. The van der Waals surface area contributed by atoms with Gasteiger partial charge < -0.3 is 15.1 Å². The first-order valence-electron chi connectivity index (χ1n) is 9.28. The molecule has 2 rings (SSSR count). The molecule has 0 spiro atoms. The normalized spacial score (nSPS) is 12.0. The molecular weight excluding hydrogens is 413 g/mol. The maximum atomic E-state index is 13.6. The van der Waals surface area contributed by atoms with E-state index in [-0.39, 0.29) is 12.0 Å². The summed E-state index contributed by atoms with van der Waals surface area (Å²) in [4.78, 5) is 30.5. The molecule has 1 amide bonds. The Balaban J connectivity index is 1.93. The second-order valence-corrected chi connectivity index (χ2v) is 8.24. The molecule has 4 N–H and O–H groups in total. The van der Waals surface area contributed by atoms with Gasteiger partial charge in [-0.3, -0.25) is 14.7 Å². The van der Waals surface area contributed by atoms with Gasteiger partial charge >= 0.3 is 7.60 Å². The summed E-state index contributed by atoms with van der Waals surface area (Å²) in [5.74, 6) is 3.09. The van der Waals surface area contributed by atoms with Gasteiger partial charge in [0, 0.05) is 19.0 Å². The van der Waals surface area contributed by atoms with Gasteiger partial charge in [-0.1, -0.05) is 42.2 Å². The second kappa shape index (κ2) is 11.6. The molecule has 160 valence electrons. The molecule has 0 aliphatic heterocycles. The maximum Gasteiger partial charge on any atom is 0.339 e. The molecule has 0 bridgehead atoms. The van der Waals surface area contributed by atoms with Gasteiger partial charge in [0.05, 0.1) is 17.9 Å². The predicted octanol–water partition coefficient (Wildman–Crippen LogP) is 2.55. The molecule has 0 unspecified atom stereocenters. The van der Waals surface area contributed by atoms with E-state index in [0.717, 1.165) is 18.1 Å². The van der Waals surface area contributed by atoms with Crippen LogP contribution in [0.1, 0.15) is 24.0 Å². The lowest BCUT2D eigenvalue weighted by Crippen LogP contribution is -2.44. The highest BCUT2D eigenvalue weighted by Crippen LogP contribution is 2.32. The van der Waals surface area contributed by atoms with Gasteiger partial charge in [0.2, 0.25) is 5.91 Å². The molecule has 0 aliphatic rings. The van der Waals surface area contributed by atoms with Gasteiger partial charge in [0.25, 0.3) is 0 Å². The highest BCUT2D eigenvalue weighted by Gasteiger charge is 2.21. The predicted molar refractivity (Wildman–Crippen MR) is 109 cm³/mol. The lowest BCUT2D eigenvalue weighted by atomic mass is 10.1. The minimum Gasteiger partial charge on any atom is -0.355 e. The van der Waals surface area contributed by atoms with Gasteiger partial charge in [0.1, 0.15) is 11.6 Å². The van der Waals surface area contributed by atoms with Crippen LogP contribution in [0.5, 0.6) is 0 Å². The van der Waals surface area contributed by atoms with Crippen LogP contribution < -0.4 is 10.6 Å². The lowest BCUT2D eigenvalue weighted by Gasteiger charge is -2.16. The third-order valence-electron chi connectivity index (χ3n) is 4.10.